The third-order valence-electron chi connectivity index (χ3n) is 3.79. The van der Waals surface area contributed by atoms with E-state index < -0.39 is 18.3 Å². The highest BCUT2D eigenvalue weighted by Crippen LogP contribution is 2.38. The molecular formula is C15H8F5N5. The lowest BCUT2D eigenvalue weighted by Gasteiger charge is -2.10. The molecule has 0 saturated heterocycles. The van der Waals surface area contributed by atoms with Crippen LogP contribution in [0.5, 0.6) is 0 Å². The van der Waals surface area contributed by atoms with Gasteiger partial charge in [-0.25, -0.2) is 9.97 Å². The molecule has 0 aliphatic carbocycles. The molecule has 1 N–H and O–H groups in total. The van der Waals surface area contributed by atoms with Gasteiger partial charge in [-0.3, -0.25) is 0 Å². The maximum absolute atomic E-state index is 13.1. The van der Waals surface area contributed by atoms with Crippen LogP contribution in [-0.4, -0.2) is 24.7 Å². The van der Waals surface area contributed by atoms with Crippen molar-refractivity contribution in [3.63, 3.8) is 0 Å². The summed E-state index contributed by atoms with van der Waals surface area (Å²) in [5.41, 5.74) is -0.175. The molecule has 0 aliphatic heterocycles. The van der Waals surface area contributed by atoms with Crippen LogP contribution < -0.4 is 0 Å². The predicted octanol–water partition coefficient (Wildman–Crippen LogP) is 4.39. The van der Waals surface area contributed by atoms with Crippen LogP contribution in [0, 0.1) is 0 Å². The first-order valence-electron chi connectivity index (χ1n) is 7.02. The molecule has 128 valence electrons. The molecule has 0 aliphatic rings. The van der Waals surface area contributed by atoms with Gasteiger partial charge < -0.3 is 4.98 Å². The highest BCUT2D eigenvalue weighted by Gasteiger charge is 2.33. The normalized spacial score (nSPS) is 12.6. The lowest BCUT2D eigenvalue weighted by atomic mass is 10.0. The van der Waals surface area contributed by atoms with E-state index in [2.05, 4.69) is 20.1 Å². The van der Waals surface area contributed by atoms with Gasteiger partial charge >= 0.3 is 12.7 Å². The number of rotatable bonds is 2. The second-order valence-electron chi connectivity index (χ2n) is 5.26. The summed E-state index contributed by atoms with van der Waals surface area (Å²) in [6, 6.07) is 3.73. The van der Waals surface area contributed by atoms with Gasteiger partial charge in [0.05, 0.1) is 29.2 Å². The summed E-state index contributed by atoms with van der Waals surface area (Å²) >= 11 is 0. The fraction of sp³-hybridized carbons (Fsp3) is 0.133. The van der Waals surface area contributed by atoms with Gasteiger partial charge in [0.25, 0.3) is 0 Å². The van der Waals surface area contributed by atoms with Crippen LogP contribution in [0.3, 0.4) is 0 Å². The first kappa shape index (κ1) is 15.5. The van der Waals surface area contributed by atoms with Crippen molar-refractivity contribution in [3.8, 4) is 11.3 Å². The Hall–Kier alpha value is -3.04. The molecule has 4 aromatic rings. The van der Waals surface area contributed by atoms with E-state index in [9.17, 15) is 22.0 Å². The predicted molar refractivity (Wildman–Crippen MR) is 78.9 cm³/mol. The fourth-order valence-electron chi connectivity index (χ4n) is 2.72. The maximum atomic E-state index is 13.1. The van der Waals surface area contributed by atoms with Gasteiger partial charge in [-0.05, 0) is 12.1 Å². The third kappa shape index (κ3) is 2.41. The van der Waals surface area contributed by atoms with Crippen LogP contribution in [-0.2, 0) is 6.18 Å². The van der Waals surface area contributed by atoms with Crippen molar-refractivity contribution < 1.29 is 22.0 Å². The Morgan fingerprint density at radius 3 is 2.60 bits per heavy atom. The minimum atomic E-state index is -4.50. The minimum absolute atomic E-state index is 0.0739. The maximum Gasteiger partial charge on any atom is 0.418 e. The van der Waals surface area contributed by atoms with E-state index in [1.165, 1.54) is 24.5 Å². The number of nitrogens with one attached hydrogen (secondary N) is 1. The summed E-state index contributed by atoms with van der Waals surface area (Å²) < 4.78 is 65.3. The van der Waals surface area contributed by atoms with E-state index in [1.807, 2.05) is 0 Å². The van der Waals surface area contributed by atoms with E-state index in [4.69, 9.17) is 0 Å². The molecule has 5 nitrogen and oxygen atoms in total. The summed E-state index contributed by atoms with van der Waals surface area (Å²) in [5, 5.41) is 3.82. The Labute approximate surface area is 136 Å². The Morgan fingerprint density at radius 1 is 1.08 bits per heavy atom. The van der Waals surface area contributed by atoms with E-state index in [-0.39, 0.29) is 22.4 Å². The average Bonchev–Trinajstić information content (AvgIpc) is 3.19. The Morgan fingerprint density at radius 2 is 1.88 bits per heavy atom. The molecule has 0 atom stereocenters. The number of halogens is 5. The van der Waals surface area contributed by atoms with Crippen molar-refractivity contribution in [1.82, 2.24) is 24.7 Å². The Balaban J connectivity index is 1.91. The van der Waals surface area contributed by atoms with Crippen molar-refractivity contribution in [2.45, 2.75) is 12.7 Å². The highest BCUT2D eigenvalue weighted by molar-refractivity contribution is 5.96. The SMILES string of the molecule is FC(F)n1ncc2nc(-c3ccc(C(F)(F)F)c4[nH]ccc34)cnc21. The lowest BCUT2D eigenvalue weighted by molar-refractivity contribution is -0.136. The van der Waals surface area contributed by atoms with Crippen molar-refractivity contribution in [2.24, 2.45) is 0 Å². The number of aromatic amines is 1. The molecule has 25 heavy (non-hydrogen) atoms. The number of hydrogen-bond acceptors (Lipinski definition) is 3. The van der Waals surface area contributed by atoms with Crippen LogP contribution in [0.1, 0.15) is 12.1 Å². The standard InChI is InChI=1S/C15H8F5N5/c16-14(17)25-13-11(6-23-25)24-10(5-22-13)7-1-2-9(15(18,19)20)12-8(7)3-4-21-12/h1-6,14,21H. The Bertz CT molecular complexity index is 1080. The molecule has 1 aromatic carbocycles. The molecule has 0 radical (unpaired) electrons. The fourth-order valence-corrected chi connectivity index (χ4v) is 2.72. The number of nitrogens with zero attached hydrogens (tertiary/aromatic N) is 4. The van der Waals surface area contributed by atoms with Crippen molar-refractivity contribution in [3.05, 3.63) is 42.4 Å². The summed E-state index contributed by atoms with van der Waals surface area (Å²) in [4.78, 5) is 10.7. The first-order chi connectivity index (χ1) is 11.9. The summed E-state index contributed by atoms with van der Waals surface area (Å²) in [7, 11) is 0. The summed E-state index contributed by atoms with van der Waals surface area (Å²) in [6.07, 6.45) is -0.742. The Kier molecular flexibility index (Phi) is 3.24. The third-order valence-corrected chi connectivity index (χ3v) is 3.79. The number of benzene rings is 1. The smallest absolute Gasteiger partial charge is 0.361 e. The number of hydrogen-bond donors (Lipinski definition) is 1. The monoisotopic (exact) mass is 353 g/mol. The quantitative estimate of drug-likeness (QED) is 0.544. The zero-order chi connectivity index (χ0) is 17.8. The summed E-state index contributed by atoms with van der Waals surface area (Å²) in [6.45, 7) is -2.86. The zero-order valence-corrected chi connectivity index (χ0v) is 12.2. The highest BCUT2D eigenvalue weighted by atomic mass is 19.4. The largest absolute Gasteiger partial charge is 0.418 e. The van der Waals surface area contributed by atoms with Gasteiger partial charge in [0, 0.05) is 17.1 Å². The summed E-state index contributed by atoms with van der Waals surface area (Å²) in [5.74, 6) is 0. The molecule has 4 rings (SSSR count). The second-order valence-corrected chi connectivity index (χ2v) is 5.26. The minimum Gasteiger partial charge on any atom is -0.361 e. The van der Waals surface area contributed by atoms with E-state index >= 15 is 0 Å². The van der Waals surface area contributed by atoms with Crippen LogP contribution in [0.15, 0.2) is 36.8 Å². The zero-order valence-electron chi connectivity index (χ0n) is 12.2. The van der Waals surface area contributed by atoms with Gasteiger partial charge in [-0.2, -0.15) is 31.7 Å². The van der Waals surface area contributed by atoms with Crippen LogP contribution in [0.2, 0.25) is 0 Å². The molecular weight excluding hydrogens is 345 g/mol. The molecule has 0 saturated carbocycles. The molecule has 0 spiro atoms. The van der Waals surface area contributed by atoms with E-state index in [0.29, 0.717) is 15.6 Å². The van der Waals surface area contributed by atoms with Crippen LogP contribution >= 0.6 is 0 Å². The van der Waals surface area contributed by atoms with Crippen molar-refractivity contribution in [1.29, 1.82) is 0 Å². The average molecular weight is 353 g/mol. The first-order valence-corrected chi connectivity index (χ1v) is 7.02. The molecule has 0 amide bonds. The van der Waals surface area contributed by atoms with Crippen LogP contribution in [0.4, 0.5) is 22.0 Å². The molecule has 0 fully saturated rings. The van der Waals surface area contributed by atoms with E-state index in [0.717, 1.165) is 12.3 Å². The van der Waals surface area contributed by atoms with Gasteiger partial charge in [0.15, 0.2) is 5.65 Å². The molecule has 10 heteroatoms. The van der Waals surface area contributed by atoms with Gasteiger partial charge in [0.1, 0.15) is 5.52 Å². The molecule has 0 bridgehead atoms. The number of fused-ring (bicyclic) bond motifs is 2. The van der Waals surface area contributed by atoms with Gasteiger partial charge in [-0.15, -0.1) is 0 Å². The molecule has 3 aromatic heterocycles. The number of H-pyrrole nitrogens is 1. The van der Waals surface area contributed by atoms with Crippen molar-refractivity contribution in [2.75, 3.05) is 0 Å². The number of alkyl halides is 5. The van der Waals surface area contributed by atoms with Gasteiger partial charge in [-0.1, -0.05) is 6.07 Å². The van der Waals surface area contributed by atoms with Crippen molar-refractivity contribution >= 4 is 22.1 Å². The topological polar surface area (TPSA) is 59.4 Å². The lowest BCUT2D eigenvalue weighted by Crippen LogP contribution is -2.06. The number of aromatic nitrogens is 5. The molecule has 0 unspecified atom stereocenters. The van der Waals surface area contributed by atoms with Gasteiger partial charge in [0.2, 0.25) is 0 Å². The second kappa shape index (κ2) is 5.23. The van der Waals surface area contributed by atoms with E-state index in [1.54, 1.807) is 0 Å². The van der Waals surface area contributed by atoms with Crippen LogP contribution in [0.25, 0.3) is 33.3 Å². The molecule has 3 heterocycles.